The maximum atomic E-state index is 12.9. The SMILES string of the molecule is CC(=O)c1ccc(NC(=O)N2CCOc3ccc(COCc4ccc(C)cc4)cc3C2)cc1. The number of urea groups is 1. The van der Waals surface area contributed by atoms with Gasteiger partial charge in [-0.3, -0.25) is 4.79 Å². The number of aryl methyl sites for hydroxylation is 1. The number of benzene rings is 3. The Balaban J connectivity index is 1.37. The highest BCUT2D eigenvalue weighted by Gasteiger charge is 2.20. The zero-order valence-corrected chi connectivity index (χ0v) is 19.0. The van der Waals surface area contributed by atoms with Crippen molar-refractivity contribution in [2.75, 3.05) is 18.5 Å². The molecule has 0 bridgehead atoms. The Morgan fingerprint density at radius 1 is 0.970 bits per heavy atom. The summed E-state index contributed by atoms with van der Waals surface area (Å²) < 4.78 is 11.8. The topological polar surface area (TPSA) is 67.9 Å². The third-order valence-corrected chi connectivity index (χ3v) is 5.59. The van der Waals surface area contributed by atoms with E-state index in [2.05, 4.69) is 36.5 Å². The zero-order valence-electron chi connectivity index (χ0n) is 19.0. The number of Topliss-reactive ketones (excluding diaryl/α,β-unsaturated/α-hetero) is 1. The van der Waals surface area contributed by atoms with Gasteiger partial charge in [-0.15, -0.1) is 0 Å². The molecular weight excluding hydrogens is 416 g/mol. The van der Waals surface area contributed by atoms with E-state index in [1.54, 1.807) is 29.2 Å². The molecular formula is C27H28N2O4. The normalized spacial score (nSPS) is 13.0. The van der Waals surface area contributed by atoms with E-state index in [9.17, 15) is 9.59 Å². The van der Waals surface area contributed by atoms with Crippen molar-refractivity contribution in [3.8, 4) is 5.75 Å². The molecule has 170 valence electrons. The van der Waals surface area contributed by atoms with Crippen LogP contribution in [0.1, 0.15) is 39.5 Å². The van der Waals surface area contributed by atoms with E-state index < -0.39 is 0 Å². The molecule has 4 rings (SSSR count). The monoisotopic (exact) mass is 444 g/mol. The average molecular weight is 445 g/mol. The van der Waals surface area contributed by atoms with Crippen LogP contribution < -0.4 is 10.1 Å². The van der Waals surface area contributed by atoms with Crippen molar-refractivity contribution in [1.82, 2.24) is 4.90 Å². The predicted molar refractivity (Wildman–Crippen MR) is 127 cm³/mol. The first-order valence-electron chi connectivity index (χ1n) is 11.0. The van der Waals surface area contributed by atoms with E-state index in [4.69, 9.17) is 9.47 Å². The van der Waals surface area contributed by atoms with E-state index >= 15 is 0 Å². The summed E-state index contributed by atoms with van der Waals surface area (Å²) in [5.41, 5.74) is 5.61. The Kier molecular flexibility index (Phi) is 7.05. The zero-order chi connectivity index (χ0) is 23.2. The summed E-state index contributed by atoms with van der Waals surface area (Å²) in [5, 5.41) is 2.90. The van der Waals surface area contributed by atoms with Gasteiger partial charge < -0.3 is 19.7 Å². The number of fused-ring (bicyclic) bond motifs is 1. The van der Waals surface area contributed by atoms with Gasteiger partial charge in [-0.1, -0.05) is 35.9 Å². The Labute approximate surface area is 194 Å². The molecule has 0 unspecified atom stereocenters. The minimum atomic E-state index is -0.206. The van der Waals surface area contributed by atoms with Gasteiger partial charge in [0.1, 0.15) is 12.4 Å². The maximum absolute atomic E-state index is 12.9. The van der Waals surface area contributed by atoms with Gasteiger partial charge in [0.05, 0.1) is 26.3 Å². The number of rotatable bonds is 6. The molecule has 1 aliphatic rings. The number of anilines is 1. The third-order valence-electron chi connectivity index (χ3n) is 5.59. The number of ether oxygens (including phenoxy) is 2. The minimum absolute atomic E-state index is 0.00667. The highest BCUT2D eigenvalue weighted by atomic mass is 16.5. The summed E-state index contributed by atoms with van der Waals surface area (Å²) >= 11 is 0. The lowest BCUT2D eigenvalue weighted by Crippen LogP contribution is -2.36. The molecule has 2 amide bonds. The second kappa shape index (κ2) is 10.3. The van der Waals surface area contributed by atoms with Gasteiger partial charge in [-0.25, -0.2) is 4.79 Å². The number of hydrogen-bond donors (Lipinski definition) is 1. The summed E-state index contributed by atoms with van der Waals surface area (Å²) in [6.45, 7) is 5.96. The van der Waals surface area contributed by atoms with Gasteiger partial charge in [0.15, 0.2) is 5.78 Å². The van der Waals surface area contributed by atoms with Gasteiger partial charge in [0.25, 0.3) is 0 Å². The van der Waals surface area contributed by atoms with Gasteiger partial charge in [0.2, 0.25) is 0 Å². The van der Waals surface area contributed by atoms with Crippen LogP contribution in [0.4, 0.5) is 10.5 Å². The van der Waals surface area contributed by atoms with E-state index in [1.807, 2.05) is 18.2 Å². The molecule has 3 aromatic rings. The number of carbonyl (C=O) groups excluding carboxylic acids is 2. The molecule has 0 atom stereocenters. The van der Waals surface area contributed by atoms with Crippen LogP contribution >= 0.6 is 0 Å². The van der Waals surface area contributed by atoms with Crippen LogP contribution in [0.25, 0.3) is 0 Å². The lowest BCUT2D eigenvalue weighted by molar-refractivity contribution is 0.101. The van der Waals surface area contributed by atoms with Crippen LogP contribution in [0.3, 0.4) is 0 Å². The fourth-order valence-corrected chi connectivity index (χ4v) is 3.67. The predicted octanol–water partition coefficient (Wildman–Crippen LogP) is 5.34. The average Bonchev–Trinajstić information content (AvgIpc) is 3.03. The number of hydrogen-bond acceptors (Lipinski definition) is 4. The molecule has 0 saturated carbocycles. The van der Waals surface area contributed by atoms with E-state index in [-0.39, 0.29) is 11.8 Å². The standard InChI is InChI=1S/C27H28N2O4/c1-19-3-5-21(6-4-19)17-32-18-22-7-12-26-24(15-22)16-29(13-14-33-26)27(31)28-25-10-8-23(9-11-25)20(2)30/h3-12,15H,13-14,16-18H2,1-2H3,(H,28,31). The molecule has 0 radical (unpaired) electrons. The van der Waals surface area contributed by atoms with Crippen LogP contribution in [-0.2, 0) is 24.5 Å². The molecule has 1 heterocycles. The molecule has 3 aromatic carbocycles. The van der Waals surface area contributed by atoms with E-state index in [1.165, 1.54) is 12.5 Å². The number of ketones is 1. The minimum Gasteiger partial charge on any atom is -0.491 e. The van der Waals surface area contributed by atoms with Crippen LogP contribution in [0, 0.1) is 6.92 Å². The van der Waals surface area contributed by atoms with Crippen LogP contribution in [0.5, 0.6) is 5.75 Å². The van der Waals surface area contributed by atoms with Gasteiger partial charge in [-0.05, 0) is 61.4 Å². The summed E-state index contributed by atoms with van der Waals surface area (Å²) in [7, 11) is 0. The molecule has 33 heavy (non-hydrogen) atoms. The van der Waals surface area contributed by atoms with Crippen molar-refractivity contribution in [3.63, 3.8) is 0 Å². The molecule has 6 heteroatoms. The Morgan fingerprint density at radius 2 is 1.67 bits per heavy atom. The number of nitrogens with zero attached hydrogens (tertiary/aromatic N) is 1. The highest BCUT2D eigenvalue weighted by molar-refractivity contribution is 5.95. The summed E-state index contributed by atoms with van der Waals surface area (Å²) in [6, 6.07) is 21.0. The molecule has 1 N–H and O–H groups in total. The van der Waals surface area contributed by atoms with Gasteiger partial charge >= 0.3 is 6.03 Å². The van der Waals surface area contributed by atoms with Gasteiger partial charge in [0, 0.05) is 16.8 Å². The highest BCUT2D eigenvalue weighted by Crippen LogP contribution is 2.25. The van der Waals surface area contributed by atoms with Crippen molar-refractivity contribution in [2.24, 2.45) is 0 Å². The molecule has 6 nitrogen and oxygen atoms in total. The second-order valence-electron chi connectivity index (χ2n) is 8.25. The van der Waals surface area contributed by atoms with E-state index in [0.717, 1.165) is 22.4 Å². The lowest BCUT2D eigenvalue weighted by atomic mass is 10.1. The largest absolute Gasteiger partial charge is 0.491 e. The lowest BCUT2D eigenvalue weighted by Gasteiger charge is -2.20. The van der Waals surface area contributed by atoms with Crippen molar-refractivity contribution in [1.29, 1.82) is 0 Å². The quantitative estimate of drug-likeness (QED) is 0.521. The van der Waals surface area contributed by atoms with Crippen molar-refractivity contribution in [2.45, 2.75) is 33.6 Å². The van der Waals surface area contributed by atoms with Crippen molar-refractivity contribution >= 4 is 17.5 Å². The van der Waals surface area contributed by atoms with Crippen molar-refractivity contribution in [3.05, 3.63) is 94.5 Å². The van der Waals surface area contributed by atoms with Crippen molar-refractivity contribution < 1.29 is 19.1 Å². The number of carbonyl (C=O) groups is 2. The summed E-state index contributed by atoms with van der Waals surface area (Å²) in [6.07, 6.45) is 0. The van der Waals surface area contributed by atoms with Crippen LogP contribution in [0.2, 0.25) is 0 Å². The Bertz CT molecular complexity index is 1120. The Morgan fingerprint density at radius 3 is 2.39 bits per heavy atom. The molecule has 0 spiro atoms. The number of amides is 2. The first-order valence-corrected chi connectivity index (χ1v) is 11.0. The molecule has 0 fully saturated rings. The maximum Gasteiger partial charge on any atom is 0.322 e. The molecule has 1 aliphatic heterocycles. The molecule has 0 aliphatic carbocycles. The fraction of sp³-hybridized carbons (Fsp3) is 0.259. The molecule has 0 aromatic heterocycles. The first kappa shape index (κ1) is 22.6. The summed E-state index contributed by atoms with van der Waals surface area (Å²) in [5.74, 6) is 0.784. The fourth-order valence-electron chi connectivity index (χ4n) is 3.67. The third kappa shape index (κ3) is 5.99. The summed E-state index contributed by atoms with van der Waals surface area (Å²) in [4.78, 5) is 26.0. The van der Waals surface area contributed by atoms with Gasteiger partial charge in [-0.2, -0.15) is 0 Å². The first-order chi connectivity index (χ1) is 16.0. The van der Waals surface area contributed by atoms with E-state index in [0.29, 0.717) is 44.2 Å². The van der Waals surface area contributed by atoms with Crippen LogP contribution in [0.15, 0.2) is 66.7 Å². The van der Waals surface area contributed by atoms with Crippen LogP contribution in [-0.4, -0.2) is 29.9 Å². The molecule has 0 saturated heterocycles. The number of nitrogens with one attached hydrogen (secondary N) is 1. The smallest absolute Gasteiger partial charge is 0.322 e. The Hall–Kier alpha value is -3.64. The second-order valence-corrected chi connectivity index (χ2v) is 8.25.